The molecule has 0 saturated carbocycles. The van der Waals surface area contributed by atoms with Gasteiger partial charge in [0.15, 0.2) is 0 Å². The normalized spacial score (nSPS) is 14.1. The molecule has 20 heavy (non-hydrogen) atoms. The number of hydrogen-bond donors (Lipinski definition) is 2. The highest BCUT2D eigenvalue weighted by molar-refractivity contribution is 9.10. The summed E-state index contributed by atoms with van der Waals surface area (Å²) in [5.41, 5.74) is 6.75. The quantitative estimate of drug-likeness (QED) is 0.867. The van der Waals surface area contributed by atoms with Gasteiger partial charge in [-0.3, -0.25) is 0 Å². The van der Waals surface area contributed by atoms with Crippen molar-refractivity contribution in [1.82, 2.24) is 0 Å². The summed E-state index contributed by atoms with van der Waals surface area (Å²) in [6.45, 7) is 0.203. The van der Waals surface area contributed by atoms with Crippen molar-refractivity contribution in [3.63, 3.8) is 0 Å². The third kappa shape index (κ3) is 3.20. The molecule has 5 heteroatoms. The van der Waals surface area contributed by atoms with E-state index in [9.17, 15) is 9.50 Å². The SMILES string of the molecule is NCC(c1ccc(Br)cc1)C(O)c1cccc(Cl)c1F. The van der Waals surface area contributed by atoms with Gasteiger partial charge in [0.05, 0.1) is 11.1 Å². The van der Waals surface area contributed by atoms with E-state index in [-0.39, 0.29) is 17.1 Å². The van der Waals surface area contributed by atoms with Gasteiger partial charge in [-0.15, -0.1) is 0 Å². The lowest BCUT2D eigenvalue weighted by Gasteiger charge is -2.23. The molecule has 0 aliphatic rings. The van der Waals surface area contributed by atoms with Crippen molar-refractivity contribution in [3.05, 3.63) is 68.9 Å². The lowest BCUT2D eigenvalue weighted by Crippen LogP contribution is -2.21. The number of benzene rings is 2. The summed E-state index contributed by atoms with van der Waals surface area (Å²) in [4.78, 5) is 0. The summed E-state index contributed by atoms with van der Waals surface area (Å²) in [5.74, 6) is -0.992. The molecule has 0 aromatic heterocycles. The molecule has 106 valence electrons. The van der Waals surface area contributed by atoms with Crippen LogP contribution in [0.25, 0.3) is 0 Å². The number of rotatable bonds is 4. The second-order valence-corrected chi connectivity index (χ2v) is 5.80. The Morgan fingerprint density at radius 2 is 1.85 bits per heavy atom. The number of halogens is 3. The Balaban J connectivity index is 2.36. The summed E-state index contributed by atoms with van der Waals surface area (Å²) in [6, 6.07) is 12.0. The zero-order chi connectivity index (χ0) is 14.7. The summed E-state index contributed by atoms with van der Waals surface area (Å²) >= 11 is 9.10. The first-order valence-electron chi connectivity index (χ1n) is 6.12. The van der Waals surface area contributed by atoms with Crippen molar-refractivity contribution in [1.29, 1.82) is 0 Å². The van der Waals surface area contributed by atoms with E-state index in [2.05, 4.69) is 15.9 Å². The van der Waals surface area contributed by atoms with Crippen LogP contribution in [0.5, 0.6) is 0 Å². The van der Waals surface area contributed by atoms with Crippen LogP contribution in [0.3, 0.4) is 0 Å². The molecule has 0 bridgehead atoms. The van der Waals surface area contributed by atoms with Crippen LogP contribution in [0.2, 0.25) is 5.02 Å². The van der Waals surface area contributed by atoms with E-state index in [1.54, 1.807) is 6.07 Å². The molecule has 3 N–H and O–H groups in total. The highest BCUT2D eigenvalue weighted by Crippen LogP contribution is 2.33. The van der Waals surface area contributed by atoms with Crippen molar-refractivity contribution >= 4 is 27.5 Å². The highest BCUT2D eigenvalue weighted by atomic mass is 79.9. The molecule has 0 radical (unpaired) electrons. The molecule has 2 aromatic carbocycles. The molecule has 2 atom stereocenters. The largest absolute Gasteiger partial charge is 0.388 e. The lowest BCUT2D eigenvalue weighted by atomic mass is 9.89. The third-order valence-electron chi connectivity index (χ3n) is 3.23. The van der Waals surface area contributed by atoms with Crippen LogP contribution in [-0.4, -0.2) is 11.7 Å². The predicted molar refractivity (Wildman–Crippen MR) is 82.3 cm³/mol. The second kappa shape index (κ2) is 6.68. The standard InChI is InChI=1S/C15H14BrClFNO/c16-10-6-4-9(5-7-10)12(8-19)15(20)11-2-1-3-13(17)14(11)18/h1-7,12,15,20H,8,19H2. The Bertz CT molecular complexity index is 591. The van der Waals surface area contributed by atoms with Gasteiger partial charge >= 0.3 is 0 Å². The third-order valence-corrected chi connectivity index (χ3v) is 4.05. The fraction of sp³-hybridized carbons (Fsp3) is 0.200. The fourth-order valence-electron chi connectivity index (χ4n) is 2.12. The first-order valence-corrected chi connectivity index (χ1v) is 7.29. The van der Waals surface area contributed by atoms with Crippen molar-refractivity contribution in [2.24, 2.45) is 5.73 Å². The van der Waals surface area contributed by atoms with Gasteiger partial charge in [-0.1, -0.05) is 51.8 Å². The molecule has 2 nitrogen and oxygen atoms in total. The van der Waals surface area contributed by atoms with Crippen molar-refractivity contribution in [2.75, 3.05) is 6.54 Å². The summed E-state index contributed by atoms with van der Waals surface area (Å²) < 4.78 is 14.9. The van der Waals surface area contributed by atoms with E-state index < -0.39 is 17.8 Å². The molecule has 2 aromatic rings. The van der Waals surface area contributed by atoms with Crippen LogP contribution in [0.1, 0.15) is 23.1 Å². The maximum Gasteiger partial charge on any atom is 0.147 e. The molecule has 0 saturated heterocycles. The van der Waals surface area contributed by atoms with Gasteiger partial charge in [-0.25, -0.2) is 4.39 Å². The lowest BCUT2D eigenvalue weighted by molar-refractivity contribution is 0.143. The topological polar surface area (TPSA) is 46.2 Å². The zero-order valence-electron chi connectivity index (χ0n) is 10.6. The minimum absolute atomic E-state index is 0.00636. The van der Waals surface area contributed by atoms with Gasteiger partial charge in [0.2, 0.25) is 0 Å². The summed E-state index contributed by atoms with van der Waals surface area (Å²) in [5, 5.41) is 10.4. The van der Waals surface area contributed by atoms with E-state index in [4.69, 9.17) is 17.3 Å². The van der Waals surface area contributed by atoms with E-state index in [1.807, 2.05) is 24.3 Å². The highest BCUT2D eigenvalue weighted by Gasteiger charge is 2.24. The smallest absolute Gasteiger partial charge is 0.147 e. The van der Waals surface area contributed by atoms with Gasteiger partial charge in [0.1, 0.15) is 5.82 Å². The first-order chi connectivity index (χ1) is 9.54. The monoisotopic (exact) mass is 357 g/mol. The molecule has 0 amide bonds. The summed E-state index contributed by atoms with van der Waals surface area (Å²) in [7, 11) is 0. The van der Waals surface area contributed by atoms with Gasteiger partial charge in [-0.05, 0) is 23.8 Å². The van der Waals surface area contributed by atoms with Gasteiger partial charge < -0.3 is 10.8 Å². The number of aliphatic hydroxyl groups is 1. The Kier molecular flexibility index (Phi) is 5.16. The van der Waals surface area contributed by atoms with Gasteiger partial charge in [0, 0.05) is 22.5 Å². The number of aliphatic hydroxyl groups excluding tert-OH is 1. The minimum Gasteiger partial charge on any atom is -0.388 e. The Labute approximate surface area is 130 Å². The second-order valence-electron chi connectivity index (χ2n) is 4.48. The molecular formula is C15H14BrClFNO. The van der Waals surface area contributed by atoms with Crippen molar-refractivity contribution < 1.29 is 9.50 Å². The minimum atomic E-state index is -1.04. The van der Waals surface area contributed by atoms with E-state index in [1.165, 1.54) is 12.1 Å². The molecule has 0 aliphatic carbocycles. The molecule has 0 aliphatic heterocycles. The number of hydrogen-bond acceptors (Lipinski definition) is 2. The first kappa shape index (κ1) is 15.4. The van der Waals surface area contributed by atoms with Crippen LogP contribution in [0, 0.1) is 5.82 Å². The molecule has 0 heterocycles. The van der Waals surface area contributed by atoms with Crippen LogP contribution < -0.4 is 5.73 Å². The fourth-order valence-corrected chi connectivity index (χ4v) is 2.57. The van der Waals surface area contributed by atoms with E-state index >= 15 is 0 Å². The van der Waals surface area contributed by atoms with Gasteiger partial charge in [0.25, 0.3) is 0 Å². The maximum atomic E-state index is 14.0. The Morgan fingerprint density at radius 1 is 1.20 bits per heavy atom. The van der Waals surface area contributed by atoms with Crippen LogP contribution in [-0.2, 0) is 0 Å². The average molecular weight is 359 g/mol. The van der Waals surface area contributed by atoms with Crippen LogP contribution in [0.4, 0.5) is 4.39 Å². The van der Waals surface area contributed by atoms with Crippen molar-refractivity contribution in [2.45, 2.75) is 12.0 Å². The average Bonchev–Trinajstić information content (AvgIpc) is 2.44. The number of nitrogens with two attached hydrogens (primary N) is 1. The predicted octanol–water partition coefficient (Wildman–Crippen LogP) is 4.02. The Morgan fingerprint density at radius 3 is 2.45 bits per heavy atom. The molecular weight excluding hydrogens is 345 g/mol. The van der Waals surface area contributed by atoms with Crippen LogP contribution >= 0.6 is 27.5 Å². The zero-order valence-corrected chi connectivity index (χ0v) is 12.9. The van der Waals surface area contributed by atoms with Crippen molar-refractivity contribution in [3.8, 4) is 0 Å². The molecule has 2 unspecified atom stereocenters. The van der Waals surface area contributed by atoms with Crippen LogP contribution in [0.15, 0.2) is 46.9 Å². The van der Waals surface area contributed by atoms with E-state index in [0.717, 1.165) is 10.0 Å². The molecule has 2 rings (SSSR count). The molecule has 0 spiro atoms. The maximum absolute atomic E-state index is 14.0. The van der Waals surface area contributed by atoms with Gasteiger partial charge in [-0.2, -0.15) is 0 Å². The van der Waals surface area contributed by atoms with E-state index in [0.29, 0.717) is 0 Å². The Hall–Kier alpha value is -0.940. The summed E-state index contributed by atoms with van der Waals surface area (Å²) in [6.07, 6.45) is -1.04. The molecule has 0 fully saturated rings.